The second kappa shape index (κ2) is 11.9. The number of anilines is 6. The van der Waals surface area contributed by atoms with Crippen molar-refractivity contribution in [3.8, 4) is 0 Å². The van der Waals surface area contributed by atoms with Gasteiger partial charge in [-0.1, -0.05) is 106 Å². The van der Waals surface area contributed by atoms with Gasteiger partial charge in [-0.05, 0) is 102 Å². The molecule has 46 heavy (non-hydrogen) atoms. The molecule has 7 rings (SSSR count). The molecule has 226 valence electrons. The van der Waals surface area contributed by atoms with Gasteiger partial charge in [0.15, 0.2) is 0 Å². The number of fused-ring (bicyclic) bond motifs is 2. The van der Waals surface area contributed by atoms with Crippen molar-refractivity contribution < 1.29 is 0 Å². The van der Waals surface area contributed by atoms with E-state index in [1.54, 1.807) is 0 Å². The average molecular weight is 597 g/mol. The van der Waals surface area contributed by atoms with Crippen LogP contribution in [0.2, 0.25) is 0 Å². The van der Waals surface area contributed by atoms with Crippen molar-refractivity contribution in [1.82, 2.24) is 0 Å². The van der Waals surface area contributed by atoms with Crippen molar-refractivity contribution in [2.45, 2.75) is 41.5 Å². The number of benzene rings is 7. The molecule has 0 radical (unpaired) electrons. The molecule has 0 saturated heterocycles. The largest absolute Gasteiger partial charge is 0.309 e. The van der Waals surface area contributed by atoms with Gasteiger partial charge in [0.2, 0.25) is 0 Å². The topological polar surface area (TPSA) is 6.48 Å². The molecule has 2 nitrogen and oxygen atoms in total. The number of hydrogen-bond acceptors (Lipinski definition) is 2. The van der Waals surface area contributed by atoms with Gasteiger partial charge in [-0.2, -0.15) is 0 Å². The fourth-order valence-corrected chi connectivity index (χ4v) is 6.48. The van der Waals surface area contributed by atoms with Gasteiger partial charge in [0.25, 0.3) is 0 Å². The lowest BCUT2D eigenvalue weighted by Crippen LogP contribution is -2.15. The van der Waals surface area contributed by atoms with Gasteiger partial charge in [0, 0.05) is 44.3 Å². The maximum absolute atomic E-state index is 2.45. The Balaban J connectivity index is 1.64. The zero-order valence-electron chi connectivity index (χ0n) is 27.6. The van der Waals surface area contributed by atoms with E-state index in [9.17, 15) is 0 Å². The molecule has 0 aliphatic rings. The van der Waals surface area contributed by atoms with Crippen LogP contribution < -0.4 is 9.80 Å². The first-order valence-corrected chi connectivity index (χ1v) is 16.1. The molecule has 0 fully saturated rings. The molecular formula is C44H40N2. The first-order chi connectivity index (χ1) is 22.3. The smallest absolute Gasteiger partial charge is 0.0620 e. The van der Waals surface area contributed by atoms with E-state index in [-0.39, 0.29) is 0 Å². The monoisotopic (exact) mass is 596 g/mol. The Morgan fingerprint density at radius 3 is 0.761 bits per heavy atom. The summed E-state index contributed by atoms with van der Waals surface area (Å²) >= 11 is 0. The van der Waals surface area contributed by atoms with Crippen LogP contribution in [0, 0.1) is 41.5 Å². The molecule has 0 aliphatic heterocycles. The SMILES string of the molecule is Cc1ccc(N(c2ccc(C)cc2)c2c3ccc(C)cc3c(N(c3ccc(C)cc3)c3ccc(C)cc3)c3ccc(C)cc23)cc1. The highest BCUT2D eigenvalue weighted by Gasteiger charge is 2.25. The van der Waals surface area contributed by atoms with Crippen LogP contribution in [-0.4, -0.2) is 0 Å². The minimum atomic E-state index is 1.14. The molecule has 0 unspecified atom stereocenters. The molecule has 0 aromatic heterocycles. The van der Waals surface area contributed by atoms with E-state index in [0.717, 1.165) is 22.7 Å². The van der Waals surface area contributed by atoms with Crippen LogP contribution in [0.4, 0.5) is 34.1 Å². The van der Waals surface area contributed by atoms with E-state index in [2.05, 4.69) is 185 Å². The number of hydrogen-bond donors (Lipinski definition) is 0. The van der Waals surface area contributed by atoms with Gasteiger partial charge in [-0.25, -0.2) is 0 Å². The van der Waals surface area contributed by atoms with Crippen molar-refractivity contribution in [2.24, 2.45) is 0 Å². The molecule has 0 heterocycles. The Morgan fingerprint density at radius 2 is 0.500 bits per heavy atom. The van der Waals surface area contributed by atoms with E-state index >= 15 is 0 Å². The predicted octanol–water partition coefficient (Wildman–Crippen LogP) is 12.8. The maximum Gasteiger partial charge on any atom is 0.0620 e. The molecule has 2 heteroatoms. The van der Waals surface area contributed by atoms with Crippen LogP contribution >= 0.6 is 0 Å². The second-order valence-electron chi connectivity index (χ2n) is 12.8. The zero-order valence-corrected chi connectivity index (χ0v) is 27.6. The standard InChI is InChI=1S/C44H40N2/c1-29-7-17-35(18-8-29)45(36-19-9-30(2)10-20-36)43-39-25-15-34(6)28-42(39)44(40-26-16-33(5)27-41(40)43)46(37-21-11-31(3)12-22-37)38-23-13-32(4)14-24-38/h7-28H,1-6H3. The molecule has 7 aromatic carbocycles. The first-order valence-electron chi connectivity index (χ1n) is 16.1. The Labute approximate surface area is 273 Å². The zero-order chi connectivity index (χ0) is 31.9. The Morgan fingerprint density at radius 1 is 0.261 bits per heavy atom. The fourth-order valence-electron chi connectivity index (χ4n) is 6.48. The van der Waals surface area contributed by atoms with E-state index in [4.69, 9.17) is 0 Å². The molecule has 0 atom stereocenters. The molecule has 0 N–H and O–H groups in total. The molecule has 0 amide bonds. The third-order valence-corrected chi connectivity index (χ3v) is 8.99. The summed E-state index contributed by atoms with van der Waals surface area (Å²) in [5.41, 5.74) is 14.4. The van der Waals surface area contributed by atoms with Crippen LogP contribution in [-0.2, 0) is 0 Å². The van der Waals surface area contributed by atoms with E-state index < -0.39 is 0 Å². The highest BCUT2D eigenvalue weighted by molar-refractivity contribution is 6.23. The van der Waals surface area contributed by atoms with Gasteiger partial charge in [0.05, 0.1) is 11.4 Å². The lowest BCUT2D eigenvalue weighted by Gasteiger charge is -2.33. The van der Waals surface area contributed by atoms with Crippen molar-refractivity contribution in [1.29, 1.82) is 0 Å². The minimum Gasteiger partial charge on any atom is -0.309 e. The van der Waals surface area contributed by atoms with Crippen molar-refractivity contribution in [3.63, 3.8) is 0 Å². The lowest BCUT2D eigenvalue weighted by molar-refractivity contribution is 1.27. The second-order valence-corrected chi connectivity index (χ2v) is 12.8. The van der Waals surface area contributed by atoms with Gasteiger partial charge in [-0.3, -0.25) is 0 Å². The molecule has 7 aromatic rings. The van der Waals surface area contributed by atoms with Crippen molar-refractivity contribution in [2.75, 3.05) is 9.80 Å². The van der Waals surface area contributed by atoms with Gasteiger partial charge >= 0.3 is 0 Å². The summed E-state index contributed by atoms with van der Waals surface area (Å²) in [6, 6.07) is 49.5. The van der Waals surface area contributed by atoms with E-state index in [0.29, 0.717) is 0 Å². The molecule has 0 aliphatic carbocycles. The third kappa shape index (κ3) is 5.41. The Kier molecular flexibility index (Phi) is 7.58. The van der Waals surface area contributed by atoms with E-state index in [1.165, 1.54) is 66.3 Å². The number of aryl methyl sites for hydroxylation is 6. The average Bonchev–Trinajstić information content (AvgIpc) is 3.05. The summed E-state index contributed by atoms with van der Waals surface area (Å²) in [5, 5.41) is 4.86. The summed E-state index contributed by atoms with van der Waals surface area (Å²) in [5.74, 6) is 0. The minimum absolute atomic E-state index is 1.14. The quantitative estimate of drug-likeness (QED) is 0.139. The molecular weight excluding hydrogens is 556 g/mol. The highest BCUT2D eigenvalue weighted by Crippen LogP contribution is 2.51. The Hall–Kier alpha value is -5.34. The van der Waals surface area contributed by atoms with Crippen LogP contribution in [0.25, 0.3) is 21.5 Å². The van der Waals surface area contributed by atoms with Crippen LogP contribution in [0.15, 0.2) is 133 Å². The molecule has 0 bridgehead atoms. The van der Waals surface area contributed by atoms with Crippen LogP contribution in [0.5, 0.6) is 0 Å². The number of nitrogens with zero attached hydrogens (tertiary/aromatic N) is 2. The third-order valence-electron chi connectivity index (χ3n) is 8.99. The maximum atomic E-state index is 2.45. The molecule has 0 saturated carbocycles. The van der Waals surface area contributed by atoms with Gasteiger partial charge < -0.3 is 9.80 Å². The van der Waals surface area contributed by atoms with E-state index in [1.807, 2.05) is 0 Å². The summed E-state index contributed by atoms with van der Waals surface area (Å²) in [7, 11) is 0. The normalized spacial score (nSPS) is 11.3. The summed E-state index contributed by atoms with van der Waals surface area (Å²) in [4.78, 5) is 4.90. The van der Waals surface area contributed by atoms with Crippen LogP contribution in [0.1, 0.15) is 33.4 Å². The highest BCUT2D eigenvalue weighted by atomic mass is 15.2. The molecule has 0 spiro atoms. The summed E-state index contributed by atoms with van der Waals surface area (Å²) < 4.78 is 0. The van der Waals surface area contributed by atoms with Crippen molar-refractivity contribution in [3.05, 3.63) is 167 Å². The first kappa shape index (κ1) is 29.4. The number of rotatable bonds is 6. The summed E-state index contributed by atoms with van der Waals surface area (Å²) in [6.07, 6.45) is 0. The van der Waals surface area contributed by atoms with Crippen molar-refractivity contribution >= 4 is 55.7 Å². The lowest BCUT2D eigenvalue weighted by atomic mass is 9.93. The fraction of sp³-hybridized carbons (Fsp3) is 0.136. The van der Waals surface area contributed by atoms with Gasteiger partial charge in [0.1, 0.15) is 0 Å². The summed E-state index contributed by atoms with van der Waals surface area (Å²) in [6.45, 7) is 13.0. The Bertz CT molecular complexity index is 1920. The predicted molar refractivity (Wildman–Crippen MR) is 199 cm³/mol. The van der Waals surface area contributed by atoms with Crippen LogP contribution in [0.3, 0.4) is 0 Å². The van der Waals surface area contributed by atoms with Gasteiger partial charge in [-0.15, -0.1) is 0 Å².